The highest BCUT2D eigenvalue weighted by atomic mass is 16.5. The molecule has 0 spiro atoms. The number of ether oxygens (including phenoxy) is 1. The number of hydrogen-bond acceptors (Lipinski definition) is 6. The van der Waals surface area contributed by atoms with Crippen molar-refractivity contribution in [1.82, 2.24) is 15.2 Å². The van der Waals surface area contributed by atoms with Crippen LogP contribution in [0.1, 0.15) is 30.9 Å². The van der Waals surface area contributed by atoms with Gasteiger partial charge in [-0.2, -0.15) is 10.1 Å². The lowest BCUT2D eigenvalue weighted by molar-refractivity contribution is 0.210. The van der Waals surface area contributed by atoms with Crippen molar-refractivity contribution in [3.63, 3.8) is 0 Å². The topological polar surface area (TPSA) is 72.0 Å². The zero-order valence-corrected chi connectivity index (χ0v) is 13.6. The van der Waals surface area contributed by atoms with Crippen molar-refractivity contribution >= 4 is 17.5 Å². The van der Waals surface area contributed by atoms with Crippen LogP contribution in [0.2, 0.25) is 0 Å². The van der Waals surface area contributed by atoms with Gasteiger partial charge in [0.05, 0.1) is 12.8 Å². The molecule has 0 bridgehead atoms. The molecule has 0 aliphatic rings. The van der Waals surface area contributed by atoms with Crippen molar-refractivity contribution in [1.29, 1.82) is 0 Å². The van der Waals surface area contributed by atoms with Gasteiger partial charge >= 0.3 is 0 Å². The van der Waals surface area contributed by atoms with E-state index in [1.54, 1.807) is 13.3 Å². The van der Waals surface area contributed by atoms with Gasteiger partial charge in [0.1, 0.15) is 0 Å². The second kappa shape index (κ2) is 7.70. The average Bonchev–Trinajstić information content (AvgIpc) is 2.50. The smallest absolute Gasteiger partial charge is 0.249 e. The zero-order valence-electron chi connectivity index (χ0n) is 13.6. The molecule has 1 aromatic heterocycles. The number of rotatable bonds is 7. The maximum absolute atomic E-state index is 5.01. The summed E-state index contributed by atoms with van der Waals surface area (Å²) >= 11 is 0. The predicted molar refractivity (Wildman–Crippen MR) is 88.7 cm³/mol. The Kier molecular flexibility index (Phi) is 5.66. The normalized spacial score (nSPS) is 10.8. The second-order valence-electron chi connectivity index (χ2n) is 5.40. The number of benzene rings is 1. The molecule has 1 aromatic carbocycles. The fourth-order valence-corrected chi connectivity index (χ4v) is 2.18. The van der Waals surface area contributed by atoms with Gasteiger partial charge in [0, 0.05) is 19.3 Å². The summed E-state index contributed by atoms with van der Waals surface area (Å²) in [5.41, 5.74) is 3.45. The first-order valence-corrected chi connectivity index (χ1v) is 7.41. The zero-order chi connectivity index (χ0) is 15.9. The minimum absolute atomic E-state index is 0.415. The molecule has 0 aliphatic heterocycles. The van der Waals surface area contributed by atoms with E-state index in [2.05, 4.69) is 64.8 Å². The van der Waals surface area contributed by atoms with Gasteiger partial charge in [-0.05, 0) is 24.0 Å². The highest BCUT2D eigenvalue weighted by Gasteiger charge is 2.11. The van der Waals surface area contributed by atoms with E-state index in [-0.39, 0.29) is 0 Å². The fourth-order valence-electron chi connectivity index (χ4n) is 2.18. The molecule has 6 nitrogen and oxygen atoms in total. The Morgan fingerprint density at radius 3 is 2.82 bits per heavy atom. The van der Waals surface area contributed by atoms with Crippen LogP contribution in [0, 0.1) is 6.92 Å². The predicted octanol–water partition coefficient (Wildman–Crippen LogP) is 3.11. The lowest BCUT2D eigenvalue weighted by atomic mass is 9.98. The van der Waals surface area contributed by atoms with Crippen LogP contribution in [0.15, 0.2) is 24.4 Å². The van der Waals surface area contributed by atoms with Gasteiger partial charge < -0.3 is 15.4 Å². The Bertz CT molecular complexity index is 615. The summed E-state index contributed by atoms with van der Waals surface area (Å²) in [5.74, 6) is 1.58. The SMILES string of the molecule is COCCNc1cnnc(Nc2c(C)cccc2C(C)C)n1. The summed E-state index contributed by atoms with van der Waals surface area (Å²) in [7, 11) is 1.67. The lowest BCUT2D eigenvalue weighted by Crippen LogP contribution is -2.11. The lowest BCUT2D eigenvalue weighted by Gasteiger charge is -2.16. The number of aromatic nitrogens is 3. The van der Waals surface area contributed by atoms with Gasteiger partial charge in [-0.1, -0.05) is 32.0 Å². The maximum atomic E-state index is 5.01. The Morgan fingerprint density at radius 1 is 1.27 bits per heavy atom. The van der Waals surface area contributed by atoms with E-state index >= 15 is 0 Å². The molecule has 2 rings (SSSR count). The summed E-state index contributed by atoms with van der Waals surface area (Å²) in [4.78, 5) is 4.43. The van der Waals surface area contributed by atoms with Crippen molar-refractivity contribution in [3.05, 3.63) is 35.5 Å². The number of nitrogens with zero attached hydrogens (tertiary/aromatic N) is 3. The van der Waals surface area contributed by atoms with Crippen molar-refractivity contribution in [2.75, 3.05) is 30.9 Å². The van der Waals surface area contributed by atoms with Crippen LogP contribution < -0.4 is 10.6 Å². The maximum Gasteiger partial charge on any atom is 0.249 e. The summed E-state index contributed by atoms with van der Waals surface area (Å²) in [5, 5.41) is 14.5. The first-order chi connectivity index (χ1) is 10.6. The van der Waals surface area contributed by atoms with E-state index in [0.29, 0.717) is 30.8 Å². The molecule has 2 N–H and O–H groups in total. The third kappa shape index (κ3) is 4.14. The van der Waals surface area contributed by atoms with Crippen LogP contribution in [0.4, 0.5) is 17.5 Å². The highest BCUT2D eigenvalue weighted by Crippen LogP contribution is 2.29. The van der Waals surface area contributed by atoms with E-state index < -0.39 is 0 Å². The Labute approximate surface area is 131 Å². The number of hydrogen-bond donors (Lipinski definition) is 2. The first-order valence-electron chi connectivity index (χ1n) is 7.41. The van der Waals surface area contributed by atoms with Gasteiger partial charge in [0.25, 0.3) is 0 Å². The quantitative estimate of drug-likeness (QED) is 0.766. The molecule has 22 heavy (non-hydrogen) atoms. The molecule has 118 valence electrons. The van der Waals surface area contributed by atoms with E-state index in [1.165, 1.54) is 5.56 Å². The summed E-state index contributed by atoms with van der Waals surface area (Å²) < 4.78 is 5.01. The molecule has 0 saturated carbocycles. The van der Waals surface area contributed by atoms with E-state index in [9.17, 15) is 0 Å². The van der Waals surface area contributed by atoms with Crippen LogP contribution in [-0.2, 0) is 4.74 Å². The van der Waals surface area contributed by atoms with Crippen LogP contribution in [0.5, 0.6) is 0 Å². The standard InChI is InChI=1S/C16H23N5O/c1-11(2)13-7-5-6-12(3)15(13)20-16-19-14(10-18-21-16)17-8-9-22-4/h5-7,10-11H,8-9H2,1-4H3,(H2,17,19,20,21). The summed E-state index contributed by atoms with van der Waals surface area (Å²) in [6.07, 6.45) is 1.60. The Hall–Kier alpha value is -2.21. The molecule has 0 amide bonds. The molecule has 0 unspecified atom stereocenters. The average molecular weight is 301 g/mol. The van der Waals surface area contributed by atoms with Crippen molar-refractivity contribution in [3.8, 4) is 0 Å². The largest absolute Gasteiger partial charge is 0.383 e. The molecule has 0 saturated heterocycles. The Balaban J connectivity index is 2.19. The number of anilines is 3. The van der Waals surface area contributed by atoms with E-state index in [4.69, 9.17) is 4.74 Å². The molecule has 2 aromatic rings. The monoisotopic (exact) mass is 301 g/mol. The van der Waals surface area contributed by atoms with Crippen molar-refractivity contribution in [2.45, 2.75) is 26.7 Å². The molecule has 6 heteroatoms. The molecular weight excluding hydrogens is 278 g/mol. The van der Waals surface area contributed by atoms with E-state index in [1.807, 2.05) is 0 Å². The molecule has 0 radical (unpaired) electrons. The summed E-state index contributed by atoms with van der Waals surface area (Å²) in [6.45, 7) is 7.70. The number of para-hydroxylation sites is 1. The third-order valence-corrected chi connectivity index (χ3v) is 3.33. The minimum atomic E-state index is 0.415. The number of nitrogens with one attached hydrogen (secondary N) is 2. The first kappa shape index (κ1) is 16.2. The highest BCUT2D eigenvalue weighted by molar-refractivity contribution is 5.64. The van der Waals surface area contributed by atoms with Crippen LogP contribution in [0.25, 0.3) is 0 Å². The van der Waals surface area contributed by atoms with Crippen LogP contribution in [-0.4, -0.2) is 35.4 Å². The van der Waals surface area contributed by atoms with Crippen LogP contribution in [0.3, 0.4) is 0 Å². The van der Waals surface area contributed by atoms with Crippen molar-refractivity contribution < 1.29 is 4.74 Å². The van der Waals surface area contributed by atoms with E-state index in [0.717, 1.165) is 11.3 Å². The molecule has 0 aliphatic carbocycles. The van der Waals surface area contributed by atoms with Crippen molar-refractivity contribution in [2.24, 2.45) is 0 Å². The number of aryl methyl sites for hydroxylation is 1. The Morgan fingerprint density at radius 2 is 2.09 bits per heavy atom. The van der Waals surface area contributed by atoms with Gasteiger partial charge in [-0.15, -0.1) is 5.10 Å². The summed E-state index contributed by atoms with van der Waals surface area (Å²) in [6, 6.07) is 6.26. The molecular formula is C16H23N5O. The van der Waals surface area contributed by atoms with Crippen LogP contribution >= 0.6 is 0 Å². The molecule has 0 atom stereocenters. The minimum Gasteiger partial charge on any atom is -0.383 e. The third-order valence-electron chi connectivity index (χ3n) is 3.33. The molecule has 1 heterocycles. The van der Waals surface area contributed by atoms with Gasteiger partial charge in [-0.25, -0.2) is 0 Å². The second-order valence-corrected chi connectivity index (χ2v) is 5.40. The van der Waals surface area contributed by atoms with Gasteiger partial charge in [-0.3, -0.25) is 0 Å². The fraction of sp³-hybridized carbons (Fsp3) is 0.438. The van der Waals surface area contributed by atoms with Gasteiger partial charge in [0.2, 0.25) is 5.95 Å². The molecule has 0 fully saturated rings. The number of methoxy groups -OCH3 is 1. The van der Waals surface area contributed by atoms with Gasteiger partial charge in [0.15, 0.2) is 5.82 Å².